The van der Waals surface area contributed by atoms with E-state index in [-0.39, 0.29) is 11.6 Å². The summed E-state index contributed by atoms with van der Waals surface area (Å²) in [6, 6.07) is 6.12. The molecule has 2 nitrogen and oxygen atoms in total. The van der Waals surface area contributed by atoms with E-state index >= 15 is 0 Å². The van der Waals surface area contributed by atoms with E-state index in [1.54, 1.807) is 0 Å². The summed E-state index contributed by atoms with van der Waals surface area (Å²) in [6.45, 7) is 6.50. The fraction of sp³-hybridized carbons (Fsp3) is 0.538. The van der Waals surface area contributed by atoms with Gasteiger partial charge in [0.2, 0.25) is 0 Å². The highest BCUT2D eigenvalue weighted by atomic mass is 79.9. The highest BCUT2D eigenvalue weighted by molar-refractivity contribution is 9.10. The number of rotatable bonds is 1. The fourth-order valence-electron chi connectivity index (χ4n) is 2.10. The number of halogens is 1. The van der Waals surface area contributed by atoms with Crippen LogP contribution in [0.3, 0.4) is 0 Å². The lowest BCUT2D eigenvalue weighted by Gasteiger charge is -2.41. The maximum atomic E-state index is 6.23. The quantitative estimate of drug-likeness (QED) is 0.854. The Balaban J connectivity index is 2.40. The molecule has 88 valence electrons. The van der Waals surface area contributed by atoms with Crippen molar-refractivity contribution in [1.29, 1.82) is 0 Å². The van der Waals surface area contributed by atoms with E-state index in [1.807, 2.05) is 12.1 Å². The Morgan fingerprint density at radius 3 is 2.81 bits per heavy atom. The van der Waals surface area contributed by atoms with Crippen LogP contribution in [0.1, 0.15) is 38.8 Å². The van der Waals surface area contributed by atoms with Crippen molar-refractivity contribution >= 4 is 15.9 Å². The maximum Gasteiger partial charge on any atom is 0.124 e. The van der Waals surface area contributed by atoms with Crippen molar-refractivity contribution in [1.82, 2.24) is 0 Å². The topological polar surface area (TPSA) is 35.2 Å². The van der Waals surface area contributed by atoms with Crippen LogP contribution in [0.5, 0.6) is 5.75 Å². The van der Waals surface area contributed by atoms with E-state index in [0.717, 1.165) is 22.2 Å². The second kappa shape index (κ2) is 4.04. The third-order valence-electron chi connectivity index (χ3n) is 3.56. The van der Waals surface area contributed by atoms with Gasteiger partial charge in [-0.05, 0) is 31.0 Å². The molecule has 0 fully saturated rings. The molecule has 0 saturated heterocycles. The van der Waals surface area contributed by atoms with Crippen LogP contribution in [0.25, 0.3) is 0 Å². The molecule has 0 bridgehead atoms. The Hall–Kier alpha value is -0.540. The lowest BCUT2D eigenvalue weighted by atomic mass is 9.81. The van der Waals surface area contributed by atoms with E-state index in [1.165, 1.54) is 0 Å². The van der Waals surface area contributed by atoms with Gasteiger partial charge in [-0.25, -0.2) is 0 Å². The SMILES string of the molecule is CC(C)C1(C)C[C@@H](N)c2cc(Br)ccc2O1. The standard InChI is InChI=1S/C13H18BrNO/c1-8(2)13(3)7-11(15)10-6-9(14)4-5-12(10)16-13/h4-6,8,11H,7,15H2,1-3H3/t11-,13?/m1/s1. The molecule has 0 radical (unpaired) electrons. The highest BCUT2D eigenvalue weighted by Crippen LogP contribution is 2.42. The molecular weight excluding hydrogens is 266 g/mol. The molecule has 16 heavy (non-hydrogen) atoms. The van der Waals surface area contributed by atoms with Crippen LogP contribution in [-0.4, -0.2) is 5.60 Å². The second-order valence-corrected chi connectivity index (χ2v) is 5.98. The molecule has 1 aromatic rings. The Morgan fingerprint density at radius 2 is 2.19 bits per heavy atom. The lowest BCUT2D eigenvalue weighted by Crippen LogP contribution is -2.44. The summed E-state index contributed by atoms with van der Waals surface area (Å²) < 4.78 is 7.16. The summed E-state index contributed by atoms with van der Waals surface area (Å²) in [4.78, 5) is 0. The molecule has 1 unspecified atom stereocenters. The Bertz CT molecular complexity index is 405. The normalized spacial score (nSPS) is 28.8. The van der Waals surface area contributed by atoms with E-state index in [0.29, 0.717) is 5.92 Å². The van der Waals surface area contributed by atoms with Gasteiger partial charge in [-0.2, -0.15) is 0 Å². The number of hydrogen-bond donors (Lipinski definition) is 1. The molecule has 2 atom stereocenters. The largest absolute Gasteiger partial charge is 0.487 e. The zero-order chi connectivity index (χ0) is 11.9. The number of hydrogen-bond acceptors (Lipinski definition) is 2. The van der Waals surface area contributed by atoms with Gasteiger partial charge in [0, 0.05) is 22.5 Å². The van der Waals surface area contributed by atoms with E-state index in [2.05, 4.69) is 42.8 Å². The van der Waals surface area contributed by atoms with Crippen molar-refractivity contribution in [3.05, 3.63) is 28.2 Å². The third kappa shape index (κ3) is 1.98. The minimum absolute atomic E-state index is 0.0636. The molecular formula is C13H18BrNO. The summed E-state index contributed by atoms with van der Waals surface area (Å²) in [7, 11) is 0. The molecule has 0 spiro atoms. The van der Waals surface area contributed by atoms with Crippen molar-refractivity contribution in [2.24, 2.45) is 11.7 Å². The molecule has 0 aliphatic carbocycles. The Labute approximate surface area is 105 Å². The van der Waals surface area contributed by atoms with Crippen LogP contribution in [0.2, 0.25) is 0 Å². The minimum atomic E-state index is -0.153. The van der Waals surface area contributed by atoms with Crippen LogP contribution >= 0.6 is 15.9 Å². The molecule has 2 N–H and O–H groups in total. The minimum Gasteiger partial charge on any atom is -0.487 e. The van der Waals surface area contributed by atoms with Gasteiger partial charge >= 0.3 is 0 Å². The Morgan fingerprint density at radius 1 is 1.50 bits per heavy atom. The van der Waals surface area contributed by atoms with Crippen LogP contribution in [0.15, 0.2) is 22.7 Å². The van der Waals surface area contributed by atoms with Crippen molar-refractivity contribution < 1.29 is 4.74 Å². The summed E-state index contributed by atoms with van der Waals surface area (Å²) in [5, 5.41) is 0. The van der Waals surface area contributed by atoms with Gasteiger partial charge in [-0.15, -0.1) is 0 Å². The molecule has 1 heterocycles. The first-order valence-corrected chi connectivity index (χ1v) is 6.46. The van der Waals surface area contributed by atoms with E-state index in [4.69, 9.17) is 10.5 Å². The van der Waals surface area contributed by atoms with Crippen molar-refractivity contribution in [3.63, 3.8) is 0 Å². The van der Waals surface area contributed by atoms with Crippen molar-refractivity contribution in [3.8, 4) is 5.75 Å². The molecule has 3 heteroatoms. The summed E-state index contributed by atoms with van der Waals surface area (Å²) in [5.41, 5.74) is 7.18. The van der Waals surface area contributed by atoms with E-state index < -0.39 is 0 Å². The van der Waals surface area contributed by atoms with Gasteiger partial charge in [0.05, 0.1) is 0 Å². The summed E-state index contributed by atoms with van der Waals surface area (Å²) in [5.74, 6) is 1.38. The molecule has 1 aromatic carbocycles. The van der Waals surface area contributed by atoms with Gasteiger partial charge in [0.25, 0.3) is 0 Å². The molecule has 0 amide bonds. The van der Waals surface area contributed by atoms with Crippen LogP contribution in [-0.2, 0) is 0 Å². The molecule has 0 aromatic heterocycles. The maximum absolute atomic E-state index is 6.23. The predicted molar refractivity (Wildman–Crippen MR) is 69.6 cm³/mol. The summed E-state index contributed by atoms with van der Waals surface area (Å²) in [6.07, 6.45) is 0.869. The number of nitrogens with two attached hydrogens (primary N) is 1. The van der Waals surface area contributed by atoms with Crippen LogP contribution < -0.4 is 10.5 Å². The first-order chi connectivity index (χ1) is 7.42. The molecule has 0 saturated carbocycles. The fourth-order valence-corrected chi connectivity index (χ4v) is 2.47. The zero-order valence-corrected chi connectivity index (χ0v) is 11.5. The number of fused-ring (bicyclic) bond motifs is 1. The van der Waals surface area contributed by atoms with E-state index in [9.17, 15) is 0 Å². The second-order valence-electron chi connectivity index (χ2n) is 5.06. The number of ether oxygens (including phenoxy) is 1. The highest BCUT2D eigenvalue weighted by Gasteiger charge is 2.38. The van der Waals surface area contributed by atoms with Gasteiger partial charge < -0.3 is 10.5 Å². The molecule has 1 aliphatic rings. The summed E-state index contributed by atoms with van der Waals surface area (Å²) >= 11 is 3.46. The van der Waals surface area contributed by atoms with Crippen LogP contribution in [0, 0.1) is 5.92 Å². The van der Waals surface area contributed by atoms with Crippen molar-refractivity contribution in [2.45, 2.75) is 38.8 Å². The van der Waals surface area contributed by atoms with Gasteiger partial charge in [0.15, 0.2) is 0 Å². The molecule has 1 aliphatic heterocycles. The van der Waals surface area contributed by atoms with Crippen LogP contribution in [0.4, 0.5) is 0 Å². The Kier molecular flexibility index (Phi) is 3.01. The monoisotopic (exact) mass is 283 g/mol. The van der Waals surface area contributed by atoms with Crippen molar-refractivity contribution in [2.75, 3.05) is 0 Å². The predicted octanol–water partition coefficient (Wildman–Crippen LogP) is 3.65. The average molecular weight is 284 g/mol. The first kappa shape index (κ1) is 11.9. The number of benzene rings is 1. The molecule has 2 rings (SSSR count). The van der Waals surface area contributed by atoms with Gasteiger partial charge in [-0.3, -0.25) is 0 Å². The van der Waals surface area contributed by atoms with Gasteiger partial charge in [0.1, 0.15) is 11.4 Å². The average Bonchev–Trinajstić information content (AvgIpc) is 2.19. The lowest BCUT2D eigenvalue weighted by molar-refractivity contribution is 0.0108. The van der Waals surface area contributed by atoms with Gasteiger partial charge in [-0.1, -0.05) is 29.8 Å². The smallest absolute Gasteiger partial charge is 0.124 e. The third-order valence-corrected chi connectivity index (χ3v) is 4.05. The zero-order valence-electron chi connectivity index (χ0n) is 9.96. The first-order valence-electron chi connectivity index (χ1n) is 5.66.